The van der Waals surface area contributed by atoms with Gasteiger partial charge >= 0.3 is 5.97 Å². The van der Waals surface area contributed by atoms with Gasteiger partial charge in [0.15, 0.2) is 0 Å². The van der Waals surface area contributed by atoms with E-state index in [0.29, 0.717) is 12.1 Å². The Morgan fingerprint density at radius 1 is 1.27 bits per heavy atom. The first-order valence-corrected chi connectivity index (χ1v) is 11.5. The summed E-state index contributed by atoms with van der Waals surface area (Å²) in [5.41, 5.74) is 4.34. The van der Waals surface area contributed by atoms with Crippen LogP contribution in [0, 0.1) is 19.7 Å². The summed E-state index contributed by atoms with van der Waals surface area (Å²) < 4.78 is 19.9. The molecule has 1 fully saturated rings. The lowest BCUT2D eigenvalue weighted by atomic mass is 10.00. The Labute approximate surface area is 195 Å². The fourth-order valence-corrected chi connectivity index (χ4v) is 4.44. The van der Waals surface area contributed by atoms with Gasteiger partial charge in [0, 0.05) is 18.7 Å². The van der Waals surface area contributed by atoms with E-state index in [1.807, 2.05) is 44.2 Å². The number of hydrogen-bond donors (Lipinski definition) is 2. The minimum absolute atomic E-state index is 0.173. The van der Waals surface area contributed by atoms with Gasteiger partial charge in [0.2, 0.25) is 0 Å². The lowest BCUT2D eigenvalue weighted by Crippen LogP contribution is -2.39. The van der Waals surface area contributed by atoms with Crippen molar-refractivity contribution in [1.82, 2.24) is 4.90 Å². The minimum Gasteiger partial charge on any atom is -0.478 e. The standard InChI is InChI=1S/C27H34FNO4/c1-18-6-10-25(22(13-18)9-11-27(31)32)20(3)33-17-24(30)16-29-12-4-5-23(29)14-21-8-7-19(2)26(28)15-21/h6-11,13,15,20,23-24,30H,4-5,12,14,16-17H2,1-3H3,(H,31,32)/t20-,23+,24-/m1/s1. The number of nitrogens with zero attached hydrogens (tertiary/aromatic N) is 1. The molecule has 0 amide bonds. The first kappa shape index (κ1) is 25.1. The molecular formula is C27H34FNO4. The molecular weight excluding hydrogens is 421 g/mol. The Morgan fingerprint density at radius 3 is 2.79 bits per heavy atom. The van der Waals surface area contributed by atoms with Crippen LogP contribution in [0.5, 0.6) is 0 Å². The SMILES string of the molecule is Cc1ccc([C@@H](C)OC[C@H](O)CN2CCC[C@H]2Cc2ccc(C)c(F)c2)c(C=CC(=O)O)c1. The molecule has 2 aromatic rings. The Bertz CT molecular complexity index is 990. The quantitative estimate of drug-likeness (QED) is 0.509. The second kappa shape index (κ2) is 11.5. The largest absolute Gasteiger partial charge is 0.478 e. The van der Waals surface area contributed by atoms with E-state index in [1.54, 1.807) is 19.1 Å². The second-order valence-corrected chi connectivity index (χ2v) is 9.01. The van der Waals surface area contributed by atoms with Crippen LogP contribution in [0.3, 0.4) is 0 Å². The van der Waals surface area contributed by atoms with E-state index in [2.05, 4.69) is 4.90 Å². The van der Waals surface area contributed by atoms with Crippen LogP contribution in [-0.4, -0.2) is 52.9 Å². The molecule has 1 heterocycles. The molecule has 0 spiro atoms. The van der Waals surface area contributed by atoms with E-state index in [4.69, 9.17) is 9.84 Å². The molecule has 2 aromatic carbocycles. The first-order valence-electron chi connectivity index (χ1n) is 11.5. The van der Waals surface area contributed by atoms with Crippen LogP contribution in [0.1, 0.15) is 53.7 Å². The molecule has 1 aliphatic rings. The number of carboxylic acid groups (broad SMARTS) is 1. The highest BCUT2D eigenvalue weighted by molar-refractivity contribution is 5.85. The fraction of sp³-hybridized carbons (Fsp3) is 0.444. The van der Waals surface area contributed by atoms with E-state index in [0.717, 1.165) is 54.1 Å². The maximum Gasteiger partial charge on any atom is 0.328 e. The third-order valence-electron chi connectivity index (χ3n) is 6.28. The predicted octanol–water partition coefficient (Wildman–Crippen LogP) is 4.69. The highest BCUT2D eigenvalue weighted by atomic mass is 19.1. The smallest absolute Gasteiger partial charge is 0.328 e. The van der Waals surface area contributed by atoms with Crippen molar-refractivity contribution >= 4 is 12.0 Å². The highest BCUT2D eigenvalue weighted by Crippen LogP contribution is 2.25. The zero-order chi connectivity index (χ0) is 24.0. The number of hydrogen-bond acceptors (Lipinski definition) is 4. The molecule has 0 bridgehead atoms. The van der Waals surface area contributed by atoms with Gasteiger partial charge in [-0.25, -0.2) is 9.18 Å². The van der Waals surface area contributed by atoms with Crippen molar-refractivity contribution in [2.75, 3.05) is 19.7 Å². The molecule has 2 N–H and O–H groups in total. The molecule has 3 rings (SSSR count). The summed E-state index contributed by atoms with van der Waals surface area (Å²) >= 11 is 0. The van der Waals surface area contributed by atoms with Crippen LogP contribution in [0.4, 0.5) is 4.39 Å². The number of rotatable bonds is 10. The summed E-state index contributed by atoms with van der Waals surface area (Å²) in [5, 5.41) is 19.6. The second-order valence-electron chi connectivity index (χ2n) is 9.01. The van der Waals surface area contributed by atoms with Gasteiger partial charge in [-0.05, 0) is 81.0 Å². The lowest BCUT2D eigenvalue weighted by Gasteiger charge is -2.27. The van der Waals surface area contributed by atoms with Gasteiger partial charge in [-0.1, -0.05) is 35.9 Å². The number of carbonyl (C=O) groups is 1. The molecule has 178 valence electrons. The van der Waals surface area contributed by atoms with Gasteiger partial charge < -0.3 is 14.9 Å². The van der Waals surface area contributed by atoms with Crippen molar-refractivity contribution in [3.8, 4) is 0 Å². The summed E-state index contributed by atoms with van der Waals surface area (Å²) in [6.07, 6.45) is 4.61. The van der Waals surface area contributed by atoms with Crippen LogP contribution < -0.4 is 0 Å². The van der Waals surface area contributed by atoms with Crippen molar-refractivity contribution in [2.45, 2.75) is 58.3 Å². The third-order valence-corrected chi connectivity index (χ3v) is 6.28. The molecule has 0 saturated carbocycles. The first-order chi connectivity index (χ1) is 15.7. The number of carboxylic acids is 1. The minimum atomic E-state index is -1.00. The number of halogens is 1. The van der Waals surface area contributed by atoms with Gasteiger partial charge in [-0.15, -0.1) is 0 Å². The summed E-state index contributed by atoms with van der Waals surface area (Å²) in [5.74, 6) is -1.17. The molecule has 1 aliphatic heterocycles. The van der Waals surface area contributed by atoms with E-state index in [-0.39, 0.29) is 24.6 Å². The number of benzene rings is 2. The molecule has 5 nitrogen and oxygen atoms in total. The lowest BCUT2D eigenvalue weighted by molar-refractivity contribution is -0.131. The molecule has 0 aromatic heterocycles. The number of likely N-dealkylation sites (tertiary alicyclic amines) is 1. The van der Waals surface area contributed by atoms with Gasteiger partial charge in [-0.2, -0.15) is 0 Å². The van der Waals surface area contributed by atoms with Crippen LogP contribution >= 0.6 is 0 Å². The number of aryl methyl sites for hydroxylation is 2. The monoisotopic (exact) mass is 455 g/mol. The summed E-state index contributed by atoms with van der Waals surface area (Å²) in [7, 11) is 0. The van der Waals surface area contributed by atoms with Crippen molar-refractivity contribution < 1.29 is 24.1 Å². The maximum atomic E-state index is 13.9. The van der Waals surface area contributed by atoms with Crippen LogP contribution in [0.2, 0.25) is 0 Å². The van der Waals surface area contributed by atoms with E-state index in [1.165, 1.54) is 0 Å². The van der Waals surface area contributed by atoms with E-state index >= 15 is 0 Å². The average molecular weight is 456 g/mol. The van der Waals surface area contributed by atoms with Crippen LogP contribution in [-0.2, 0) is 16.0 Å². The number of aliphatic carboxylic acids is 1. The Kier molecular flexibility index (Phi) is 8.78. The van der Waals surface area contributed by atoms with Crippen molar-refractivity contribution in [2.24, 2.45) is 0 Å². The summed E-state index contributed by atoms with van der Waals surface area (Å²) in [6, 6.07) is 11.5. The Hall–Kier alpha value is -2.54. The number of β-amino-alcohol motifs (C(OH)–C–C–N with tert-alkyl or cyclic N) is 1. The molecule has 0 aliphatic carbocycles. The van der Waals surface area contributed by atoms with E-state index < -0.39 is 12.1 Å². The van der Waals surface area contributed by atoms with E-state index in [9.17, 15) is 14.3 Å². The number of aliphatic hydroxyl groups is 1. The van der Waals surface area contributed by atoms with Crippen molar-refractivity contribution in [3.05, 3.63) is 76.1 Å². The van der Waals surface area contributed by atoms with Gasteiger partial charge in [0.05, 0.1) is 18.8 Å². The molecule has 6 heteroatoms. The molecule has 0 unspecified atom stereocenters. The molecule has 33 heavy (non-hydrogen) atoms. The van der Waals surface area contributed by atoms with Gasteiger partial charge in [-0.3, -0.25) is 4.90 Å². The molecule has 1 saturated heterocycles. The van der Waals surface area contributed by atoms with Crippen molar-refractivity contribution in [3.63, 3.8) is 0 Å². The normalized spacial score (nSPS) is 18.6. The van der Waals surface area contributed by atoms with Gasteiger partial charge in [0.25, 0.3) is 0 Å². The Balaban J connectivity index is 1.55. The Morgan fingerprint density at radius 2 is 2.06 bits per heavy atom. The zero-order valence-electron chi connectivity index (χ0n) is 19.6. The summed E-state index contributed by atoms with van der Waals surface area (Å²) in [6.45, 7) is 7.22. The van der Waals surface area contributed by atoms with Crippen LogP contribution in [0.25, 0.3) is 6.08 Å². The number of aliphatic hydroxyl groups excluding tert-OH is 1. The topological polar surface area (TPSA) is 70.0 Å². The zero-order valence-corrected chi connectivity index (χ0v) is 19.6. The van der Waals surface area contributed by atoms with Crippen LogP contribution in [0.15, 0.2) is 42.5 Å². The third kappa shape index (κ3) is 7.22. The van der Waals surface area contributed by atoms with Crippen molar-refractivity contribution in [1.29, 1.82) is 0 Å². The number of ether oxygens (including phenoxy) is 1. The highest BCUT2D eigenvalue weighted by Gasteiger charge is 2.27. The fourth-order valence-electron chi connectivity index (χ4n) is 4.44. The summed E-state index contributed by atoms with van der Waals surface area (Å²) in [4.78, 5) is 13.2. The average Bonchev–Trinajstić information content (AvgIpc) is 3.19. The maximum absolute atomic E-state index is 13.9. The van der Waals surface area contributed by atoms with Gasteiger partial charge in [0.1, 0.15) is 5.82 Å². The molecule has 3 atom stereocenters. The predicted molar refractivity (Wildman–Crippen MR) is 128 cm³/mol. The molecule has 0 radical (unpaired) electrons.